The number of likely N-dealkylation sites (tertiary alicyclic amines) is 1. The maximum Gasteiger partial charge on any atom is 0.310 e. The van der Waals surface area contributed by atoms with Crippen LogP contribution in [0.1, 0.15) is 43.9 Å². The van der Waals surface area contributed by atoms with E-state index in [4.69, 9.17) is 4.74 Å². The van der Waals surface area contributed by atoms with Gasteiger partial charge in [0.05, 0.1) is 12.5 Å². The highest BCUT2D eigenvalue weighted by Gasteiger charge is 2.39. The summed E-state index contributed by atoms with van der Waals surface area (Å²) in [6.45, 7) is 7.56. The van der Waals surface area contributed by atoms with Gasteiger partial charge >= 0.3 is 5.97 Å². The molecular formula is C17H25NO3. The van der Waals surface area contributed by atoms with Crippen LogP contribution in [0, 0.1) is 12.3 Å². The highest BCUT2D eigenvalue weighted by molar-refractivity contribution is 5.74. The number of aryl methyl sites for hydroxylation is 1. The molecule has 0 amide bonds. The van der Waals surface area contributed by atoms with Gasteiger partial charge in [-0.2, -0.15) is 0 Å². The summed E-state index contributed by atoms with van der Waals surface area (Å²) in [7, 11) is 1.68. The topological polar surface area (TPSA) is 49.8 Å². The molecule has 2 atom stereocenters. The first-order valence-electron chi connectivity index (χ1n) is 7.49. The number of nitrogens with zero attached hydrogens (tertiary/aromatic N) is 1. The fraction of sp³-hybridized carbons (Fsp3) is 0.588. The molecule has 0 aromatic heterocycles. The number of hydrogen-bond acceptors (Lipinski definition) is 3. The Morgan fingerprint density at radius 3 is 2.81 bits per heavy atom. The molecule has 1 aliphatic rings. The molecule has 0 radical (unpaired) electrons. The largest absolute Gasteiger partial charge is 0.496 e. The number of carboxylic acid groups (broad SMARTS) is 1. The smallest absolute Gasteiger partial charge is 0.310 e. The van der Waals surface area contributed by atoms with Gasteiger partial charge in [0, 0.05) is 18.2 Å². The van der Waals surface area contributed by atoms with E-state index in [0.29, 0.717) is 6.54 Å². The van der Waals surface area contributed by atoms with E-state index >= 15 is 0 Å². The van der Waals surface area contributed by atoms with Crippen molar-refractivity contribution in [2.75, 3.05) is 20.2 Å². The molecule has 0 bridgehead atoms. The molecule has 1 fully saturated rings. The molecule has 1 N–H and O–H groups in total. The van der Waals surface area contributed by atoms with Crippen LogP contribution in [0.15, 0.2) is 18.2 Å². The Morgan fingerprint density at radius 1 is 1.48 bits per heavy atom. The number of methoxy groups -OCH3 is 1. The molecule has 4 nitrogen and oxygen atoms in total. The Bertz CT molecular complexity index is 529. The molecule has 2 unspecified atom stereocenters. The maximum absolute atomic E-state index is 11.5. The van der Waals surface area contributed by atoms with Crippen molar-refractivity contribution in [3.63, 3.8) is 0 Å². The molecule has 0 saturated carbocycles. The zero-order valence-electron chi connectivity index (χ0n) is 13.3. The normalized spacial score (nSPS) is 24.6. The van der Waals surface area contributed by atoms with Crippen LogP contribution < -0.4 is 4.74 Å². The van der Waals surface area contributed by atoms with E-state index in [1.165, 1.54) is 5.56 Å². The fourth-order valence-electron chi connectivity index (χ4n) is 3.16. The van der Waals surface area contributed by atoms with Crippen molar-refractivity contribution < 1.29 is 14.6 Å². The Morgan fingerprint density at radius 2 is 2.19 bits per heavy atom. The number of hydrogen-bond donors (Lipinski definition) is 1. The molecule has 1 aliphatic heterocycles. The Kier molecular flexibility index (Phi) is 4.57. The lowest BCUT2D eigenvalue weighted by atomic mass is 9.81. The average molecular weight is 291 g/mol. The number of rotatable bonds is 4. The van der Waals surface area contributed by atoms with Crippen LogP contribution in [-0.4, -0.2) is 36.2 Å². The van der Waals surface area contributed by atoms with Gasteiger partial charge in [-0.1, -0.05) is 17.7 Å². The number of aliphatic carboxylic acids is 1. The van der Waals surface area contributed by atoms with Crippen LogP contribution in [-0.2, 0) is 4.79 Å². The monoisotopic (exact) mass is 291 g/mol. The highest BCUT2D eigenvalue weighted by atomic mass is 16.5. The van der Waals surface area contributed by atoms with E-state index in [0.717, 1.165) is 30.7 Å². The van der Waals surface area contributed by atoms with Crippen molar-refractivity contribution in [1.29, 1.82) is 0 Å². The number of benzene rings is 1. The number of ether oxygens (including phenoxy) is 1. The first-order valence-corrected chi connectivity index (χ1v) is 7.49. The summed E-state index contributed by atoms with van der Waals surface area (Å²) in [6, 6.07) is 6.31. The molecule has 21 heavy (non-hydrogen) atoms. The second-order valence-corrected chi connectivity index (χ2v) is 6.36. The van der Waals surface area contributed by atoms with Crippen molar-refractivity contribution in [2.45, 2.75) is 39.7 Å². The average Bonchev–Trinajstić information content (AvgIpc) is 2.46. The Balaban J connectivity index is 2.25. The SMILES string of the molecule is COc1ccc(C)cc1C(C)N1CCCC(C)(C(=O)O)C1. The van der Waals surface area contributed by atoms with E-state index in [2.05, 4.69) is 24.8 Å². The van der Waals surface area contributed by atoms with Crippen molar-refractivity contribution in [3.05, 3.63) is 29.3 Å². The lowest BCUT2D eigenvalue weighted by Crippen LogP contribution is -2.46. The van der Waals surface area contributed by atoms with Crippen LogP contribution in [0.3, 0.4) is 0 Å². The lowest BCUT2D eigenvalue weighted by molar-refractivity contribution is -0.151. The third-order valence-corrected chi connectivity index (χ3v) is 4.63. The summed E-state index contributed by atoms with van der Waals surface area (Å²) in [4.78, 5) is 13.8. The van der Waals surface area contributed by atoms with Gasteiger partial charge in [-0.25, -0.2) is 0 Å². The van der Waals surface area contributed by atoms with Gasteiger partial charge in [-0.15, -0.1) is 0 Å². The first kappa shape index (κ1) is 15.8. The highest BCUT2D eigenvalue weighted by Crippen LogP contribution is 2.37. The number of carboxylic acids is 1. The van der Waals surface area contributed by atoms with Crippen LogP contribution >= 0.6 is 0 Å². The molecule has 2 rings (SSSR count). The van der Waals surface area contributed by atoms with Gasteiger partial charge in [0.15, 0.2) is 0 Å². The van der Waals surface area contributed by atoms with E-state index in [1.807, 2.05) is 19.1 Å². The second-order valence-electron chi connectivity index (χ2n) is 6.36. The zero-order valence-corrected chi connectivity index (χ0v) is 13.3. The van der Waals surface area contributed by atoms with Gasteiger partial charge in [0.1, 0.15) is 5.75 Å². The van der Waals surface area contributed by atoms with Gasteiger partial charge < -0.3 is 9.84 Å². The standard InChI is InChI=1S/C17H25NO3/c1-12-6-7-15(21-4)14(10-12)13(2)18-9-5-8-17(3,11-18)16(19)20/h6-7,10,13H,5,8-9,11H2,1-4H3,(H,19,20). The van der Waals surface area contributed by atoms with E-state index < -0.39 is 11.4 Å². The van der Waals surface area contributed by atoms with Crippen molar-refractivity contribution in [1.82, 2.24) is 4.90 Å². The van der Waals surface area contributed by atoms with Gasteiger partial charge in [-0.3, -0.25) is 9.69 Å². The minimum absolute atomic E-state index is 0.152. The molecule has 1 saturated heterocycles. The number of piperidine rings is 1. The summed E-state index contributed by atoms with van der Waals surface area (Å²) >= 11 is 0. The van der Waals surface area contributed by atoms with Crippen molar-refractivity contribution in [2.24, 2.45) is 5.41 Å². The third-order valence-electron chi connectivity index (χ3n) is 4.63. The van der Waals surface area contributed by atoms with Crippen molar-refractivity contribution in [3.8, 4) is 5.75 Å². The van der Waals surface area contributed by atoms with Crippen molar-refractivity contribution >= 4 is 5.97 Å². The molecular weight excluding hydrogens is 266 g/mol. The Labute approximate surface area is 126 Å². The molecule has 0 spiro atoms. The van der Waals surface area contributed by atoms with E-state index in [1.54, 1.807) is 7.11 Å². The van der Waals surface area contributed by atoms with Crippen LogP contribution in [0.25, 0.3) is 0 Å². The van der Waals surface area contributed by atoms with Crippen LogP contribution in [0.4, 0.5) is 0 Å². The van der Waals surface area contributed by atoms with Crippen LogP contribution in [0.5, 0.6) is 5.75 Å². The predicted molar refractivity (Wildman–Crippen MR) is 82.7 cm³/mol. The summed E-state index contributed by atoms with van der Waals surface area (Å²) in [5.74, 6) is 0.173. The molecule has 1 heterocycles. The second kappa shape index (κ2) is 6.06. The first-order chi connectivity index (χ1) is 9.87. The summed E-state index contributed by atoms with van der Waals surface area (Å²) in [6.07, 6.45) is 1.66. The summed E-state index contributed by atoms with van der Waals surface area (Å²) in [5, 5.41) is 9.46. The third kappa shape index (κ3) is 3.21. The van der Waals surface area contributed by atoms with Gasteiger partial charge in [-0.05, 0) is 46.2 Å². The maximum atomic E-state index is 11.5. The van der Waals surface area contributed by atoms with Crippen LogP contribution in [0.2, 0.25) is 0 Å². The minimum Gasteiger partial charge on any atom is -0.496 e. The number of carbonyl (C=O) groups is 1. The molecule has 1 aromatic carbocycles. The van der Waals surface area contributed by atoms with E-state index in [-0.39, 0.29) is 6.04 Å². The summed E-state index contributed by atoms with van der Waals surface area (Å²) in [5.41, 5.74) is 1.67. The van der Waals surface area contributed by atoms with Gasteiger partial charge in [0.2, 0.25) is 0 Å². The predicted octanol–water partition coefficient (Wildman–Crippen LogP) is 3.25. The molecule has 0 aliphatic carbocycles. The Hall–Kier alpha value is -1.55. The molecule has 4 heteroatoms. The van der Waals surface area contributed by atoms with Gasteiger partial charge in [0.25, 0.3) is 0 Å². The zero-order chi connectivity index (χ0) is 15.6. The molecule has 1 aromatic rings. The quantitative estimate of drug-likeness (QED) is 0.925. The molecule has 116 valence electrons. The minimum atomic E-state index is -0.699. The lowest BCUT2D eigenvalue weighted by Gasteiger charge is -2.41. The van der Waals surface area contributed by atoms with E-state index in [9.17, 15) is 9.90 Å². The summed E-state index contributed by atoms with van der Waals surface area (Å²) < 4.78 is 5.47. The fourth-order valence-corrected chi connectivity index (χ4v) is 3.16.